The van der Waals surface area contributed by atoms with Crippen molar-refractivity contribution in [3.8, 4) is 0 Å². The molecule has 0 bridgehead atoms. The van der Waals surface area contributed by atoms with E-state index in [9.17, 15) is 18.0 Å². The average Bonchev–Trinajstić information content (AvgIpc) is 2.76. The number of sulfonamides is 1. The van der Waals surface area contributed by atoms with Crippen molar-refractivity contribution in [3.05, 3.63) is 29.8 Å². The molecule has 0 radical (unpaired) electrons. The van der Waals surface area contributed by atoms with Gasteiger partial charge in [-0.2, -0.15) is 4.31 Å². The van der Waals surface area contributed by atoms with Crippen LogP contribution >= 0.6 is 0 Å². The van der Waals surface area contributed by atoms with Gasteiger partial charge in [0, 0.05) is 44.8 Å². The molecule has 8 nitrogen and oxygen atoms in total. The molecule has 2 aliphatic heterocycles. The van der Waals surface area contributed by atoms with Gasteiger partial charge in [0.05, 0.1) is 11.5 Å². The van der Waals surface area contributed by atoms with E-state index in [0.717, 1.165) is 6.42 Å². The number of benzene rings is 1. The Hall–Kier alpha value is -2.13. The normalized spacial score (nSPS) is 22.8. The van der Waals surface area contributed by atoms with Crippen LogP contribution in [0.2, 0.25) is 0 Å². The third-order valence-corrected chi connectivity index (χ3v) is 7.79. The van der Waals surface area contributed by atoms with Gasteiger partial charge in [0.2, 0.25) is 10.0 Å². The van der Waals surface area contributed by atoms with Crippen LogP contribution in [0.1, 0.15) is 44.5 Å². The molecule has 2 saturated heterocycles. The van der Waals surface area contributed by atoms with Crippen LogP contribution in [0.5, 0.6) is 0 Å². The number of hydrogen-bond donors (Lipinski definition) is 0. The van der Waals surface area contributed by atoms with Crippen LogP contribution in [-0.4, -0.2) is 80.4 Å². The van der Waals surface area contributed by atoms with Crippen molar-refractivity contribution in [3.63, 3.8) is 0 Å². The molecule has 3 rings (SSSR count). The van der Waals surface area contributed by atoms with Crippen molar-refractivity contribution in [2.45, 2.75) is 39.0 Å². The summed E-state index contributed by atoms with van der Waals surface area (Å²) in [5.74, 6) is 0.770. The minimum absolute atomic E-state index is 0.163. The van der Waals surface area contributed by atoms with Gasteiger partial charge < -0.3 is 14.5 Å². The molecule has 1 aromatic carbocycles. The van der Waals surface area contributed by atoms with Gasteiger partial charge in [0.25, 0.3) is 5.91 Å². The molecule has 0 aromatic heterocycles. The smallest absolute Gasteiger partial charge is 0.409 e. The lowest BCUT2D eigenvalue weighted by Crippen LogP contribution is -2.50. The first kappa shape index (κ1) is 24.5. The Bertz CT molecular complexity index is 898. The fourth-order valence-electron chi connectivity index (χ4n) is 4.32. The standard InChI is InChI=1S/C23H35N3O5S/c1-17(2)16-31-23(28)25-11-9-24(10-12-25)22(27)20-5-7-21(8-6-20)32(29,30)26-14-18(3)13-19(4)15-26/h5-8,17-19H,9-16H2,1-4H3. The fourth-order valence-corrected chi connectivity index (χ4v) is 6.00. The molecule has 2 aliphatic rings. The Morgan fingerprint density at radius 2 is 1.50 bits per heavy atom. The molecular formula is C23H35N3O5S. The number of amides is 2. The van der Waals surface area contributed by atoms with Crippen molar-refractivity contribution >= 4 is 22.0 Å². The maximum absolute atomic E-state index is 13.0. The third kappa shape index (κ3) is 5.81. The highest BCUT2D eigenvalue weighted by molar-refractivity contribution is 7.89. The second-order valence-corrected chi connectivity index (χ2v) is 11.5. The van der Waals surface area contributed by atoms with E-state index in [4.69, 9.17) is 4.74 Å². The Kier molecular flexibility index (Phi) is 7.82. The zero-order valence-corrected chi connectivity index (χ0v) is 20.3. The van der Waals surface area contributed by atoms with Crippen molar-refractivity contribution in [2.24, 2.45) is 17.8 Å². The Morgan fingerprint density at radius 3 is 2.03 bits per heavy atom. The summed E-state index contributed by atoms with van der Waals surface area (Å²) in [5, 5.41) is 0. The first-order chi connectivity index (χ1) is 15.1. The van der Waals surface area contributed by atoms with Gasteiger partial charge in [0.1, 0.15) is 0 Å². The van der Waals surface area contributed by atoms with Crippen molar-refractivity contribution < 1.29 is 22.7 Å². The van der Waals surface area contributed by atoms with Crippen LogP contribution in [0.4, 0.5) is 4.79 Å². The molecule has 9 heteroatoms. The number of piperidine rings is 1. The predicted octanol–water partition coefficient (Wildman–Crippen LogP) is 2.90. The Morgan fingerprint density at radius 1 is 0.969 bits per heavy atom. The van der Waals surface area contributed by atoms with Crippen LogP contribution in [0.3, 0.4) is 0 Å². The Labute approximate surface area is 191 Å². The van der Waals surface area contributed by atoms with Crippen LogP contribution < -0.4 is 0 Å². The number of rotatable bonds is 5. The summed E-state index contributed by atoms with van der Waals surface area (Å²) in [4.78, 5) is 28.5. The number of carbonyl (C=O) groups is 2. The molecule has 0 N–H and O–H groups in total. The minimum Gasteiger partial charge on any atom is -0.449 e. The minimum atomic E-state index is -3.57. The van der Waals surface area contributed by atoms with E-state index in [-0.39, 0.29) is 22.8 Å². The summed E-state index contributed by atoms with van der Waals surface area (Å²) in [5.41, 5.74) is 0.445. The average molecular weight is 466 g/mol. The van der Waals surface area contributed by atoms with E-state index >= 15 is 0 Å². The largest absolute Gasteiger partial charge is 0.449 e. The number of carbonyl (C=O) groups excluding carboxylic acids is 2. The van der Waals surface area contributed by atoms with E-state index in [1.165, 1.54) is 12.1 Å². The molecule has 0 saturated carbocycles. The van der Waals surface area contributed by atoms with Gasteiger partial charge in [-0.25, -0.2) is 13.2 Å². The van der Waals surface area contributed by atoms with Gasteiger partial charge in [0.15, 0.2) is 0 Å². The van der Waals surface area contributed by atoms with Crippen LogP contribution in [0.25, 0.3) is 0 Å². The topological polar surface area (TPSA) is 87.2 Å². The van der Waals surface area contributed by atoms with E-state index in [1.807, 2.05) is 13.8 Å². The molecular weight excluding hydrogens is 430 g/mol. The van der Waals surface area contributed by atoms with Crippen molar-refractivity contribution in [1.82, 2.24) is 14.1 Å². The van der Waals surface area contributed by atoms with Crippen LogP contribution in [0, 0.1) is 17.8 Å². The lowest BCUT2D eigenvalue weighted by atomic mass is 9.94. The summed E-state index contributed by atoms with van der Waals surface area (Å²) in [6.45, 7) is 11.2. The number of nitrogens with zero attached hydrogens (tertiary/aromatic N) is 3. The maximum Gasteiger partial charge on any atom is 0.409 e. The molecule has 2 unspecified atom stereocenters. The summed E-state index contributed by atoms with van der Waals surface area (Å²) in [6, 6.07) is 6.20. The molecule has 2 heterocycles. The van der Waals surface area contributed by atoms with Gasteiger partial charge in [-0.1, -0.05) is 27.7 Å². The van der Waals surface area contributed by atoms with Gasteiger partial charge in [-0.15, -0.1) is 0 Å². The molecule has 0 spiro atoms. The maximum atomic E-state index is 13.0. The number of ether oxygens (including phenoxy) is 1. The number of hydrogen-bond acceptors (Lipinski definition) is 5. The second kappa shape index (κ2) is 10.2. The highest BCUT2D eigenvalue weighted by Gasteiger charge is 2.32. The van der Waals surface area contributed by atoms with Gasteiger partial charge in [-0.05, 0) is 48.4 Å². The lowest BCUT2D eigenvalue weighted by molar-refractivity contribution is 0.0535. The lowest BCUT2D eigenvalue weighted by Gasteiger charge is -2.34. The summed E-state index contributed by atoms with van der Waals surface area (Å²) < 4.78 is 32.9. The van der Waals surface area contributed by atoms with Crippen molar-refractivity contribution in [2.75, 3.05) is 45.9 Å². The number of piperazine rings is 1. The first-order valence-electron chi connectivity index (χ1n) is 11.4. The van der Waals surface area contributed by atoms with Gasteiger partial charge in [-0.3, -0.25) is 4.79 Å². The SMILES string of the molecule is CC(C)COC(=O)N1CCN(C(=O)c2ccc(S(=O)(=O)N3CC(C)CC(C)C3)cc2)CC1. The zero-order valence-electron chi connectivity index (χ0n) is 19.5. The highest BCUT2D eigenvalue weighted by atomic mass is 32.2. The van der Waals surface area contributed by atoms with E-state index in [1.54, 1.807) is 26.2 Å². The molecule has 2 fully saturated rings. The van der Waals surface area contributed by atoms with Crippen molar-refractivity contribution in [1.29, 1.82) is 0 Å². The molecule has 0 aliphatic carbocycles. The third-order valence-electron chi connectivity index (χ3n) is 5.94. The van der Waals surface area contributed by atoms with Crippen LogP contribution in [-0.2, 0) is 14.8 Å². The molecule has 2 amide bonds. The molecule has 1 aromatic rings. The van der Waals surface area contributed by atoms with Crippen LogP contribution in [0.15, 0.2) is 29.2 Å². The molecule has 2 atom stereocenters. The fraction of sp³-hybridized carbons (Fsp3) is 0.652. The van der Waals surface area contributed by atoms with E-state index in [0.29, 0.717) is 63.3 Å². The summed E-state index contributed by atoms with van der Waals surface area (Å²) >= 11 is 0. The zero-order chi connectivity index (χ0) is 23.5. The summed E-state index contributed by atoms with van der Waals surface area (Å²) in [6.07, 6.45) is 0.684. The second-order valence-electron chi connectivity index (χ2n) is 9.54. The van der Waals surface area contributed by atoms with E-state index < -0.39 is 10.0 Å². The quantitative estimate of drug-likeness (QED) is 0.667. The first-order valence-corrected chi connectivity index (χ1v) is 12.8. The van der Waals surface area contributed by atoms with E-state index in [2.05, 4.69) is 13.8 Å². The Balaban J connectivity index is 1.59. The van der Waals surface area contributed by atoms with Gasteiger partial charge >= 0.3 is 6.09 Å². The predicted molar refractivity (Wildman–Crippen MR) is 122 cm³/mol. The summed E-state index contributed by atoms with van der Waals surface area (Å²) in [7, 11) is -3.57. The molecule has 32 heavy (non-hydrogen) atoms. The molecule has 178 valence electrons. The monoisotopic (exact) mass is 465 g/mol. The highest BCUT2D eigenvalue weighted by Crippen LogP contribution is 2.27.